The van der Waals surface area contributed by atoms with Crippen LogP contribution in [0.25, 0.3) is 0 Å². The van der Waals surface area contributed by atoms with Crippen LogP contribution in [0.2, 0.25) is 5.02 Å². The standard InChI is InChI=1S/C18H18ClNO4S/c1-23-17(21)16(25-15-9-5-8-14(19)10-15)11-20-18(22)24-12-13-6-3-2-4-7-13/h2-10,16H,11-12H2,1H3,(H,20,22)/t16-/m0/s1. The first-order valence-electron chi connectivity index (χ1n) is 7.53. The molecule has 7 heteroatoms. The van der Waals surface area contributed by atoms with Gasteiger partial charge in [0.15, 0.2) is 0 Å². The summed E-state index contributed by atoms with van der Waals surface area (Å²) in [5.41, 5.74) is 0.885. The molecule has 0 radical (unpaired) electrons. The van der Waals surface area contributed by atoms with Crippen molar-refractivity contribution in [3.63, 3.8) is 0 Å². The van der Waals surface area contributed by atoms with Gasteiger partial charge in [0.2, 0.25) is 0 Å². The van der Waals surface area contributed by atoms with Gasteiger partial charge in [-0.2, -0.15) is 0 Å². The lowest BCUT2D eigenvalue weighted by Crippen LogP contribution is -2.35. The predicted octanol–water partition coefficient (Wildman–Crippen LogP) is 3.90. The summed E-state index contributed by atoms with van der Waals surface area (Å²) < 4.78 is 9.92. The van der Waals surface area contributed by atoms with Crippen LogP contribution in [0.4, 0.5) is 4.79 Å². The summed E-state index contributed by atoms with van der Waals surface area (Å²) in [7, 11) is 1.31. The zero-order valence-electron chi connectivity index (χ0n) is 13.6. The van der Waals surface area contributed by atoms with Crippen molar-refractivity contribution in [3.05, 3.63) is 65.2 Å². The van der Waals surface area contributed by atoms with Gasteiger partial charge in [0.05, 0.1) is 7.11 Å². The maximum absolute atomic E-state index is 11.9. The number of thioether (sulfide) groups is 1. The van der Waals surface area contributed by atoms with E-state index in [1.165, 1.54) is 18.9 Å². The number of rotatable bonds is 7. The number of halogens is 1. The Labute approximate surface area is 155 Å². The number of hydrogen-bond donors (Lipinski definition) is 1. The van der Waals surface area contributed by atoms with Crippen LogP contribution in [-0.4, -0.2) is 31.0 Å². The Kier molecular flexibility index (Phi) is 7.63. The van der Waals surface area contributed by atoms with Crippen LogP contribution in [0, 0.1) is 0 Å². The molecule has 0 spiro atoms. The van der Waals surface area contributed by atoms with Gasteiger partial charge in [0.25, 0.3) is 0 Å². The summed E-state index contributed by atoms with van der Waals surface area (Å²) in [5, 5.41) is 2.56. The topological polar surface area (TPSA) is 64.6 Å². The van der Waals surface area contributed by atoms with Gasteiger partial charge in [-0.3, -0.25) is 4.79 Å². The van der Waals surface area contributed by atoms with E-state index in [-0.39, 0.29) is 13.2 Å². The second-order valence-electron chi connectivity index (χ2n) is 5.03. The third kappa shape index (κ3) is 6.68. The van der Waals surface area contributed by atoms with Crippen LogP contribution >= 0.6 is 23.4 Å². The Morgan fingerprint density at radius 2 is 1.92 bits per heavy atom. The van der Waals surface area contributed by atoms with Crippen molar-refractivity contribution in [2.45, 2.75) is 16.8 Å². The molecule has 0 aliphatic carbocycles. The number of carbonyl (C=O) groups is 2. The number of carbonyl (C=O) groups excluding carboxylic acids is 2. The van der Waals surface area contributed by atoms with Gasteiger partial charge in [-0.05, 0) is 23.8 Å². The average Bonchev–Trinajstić information content (AvgIpc) is 2.63. The van der Waals surface area contributed by atoms with Gasteiger partial charge in [0, 0.05) is 16.5 Å². The van der Waals surface area contributed by atoms with Gasteiger partial charge >= 0.3 is 12.1 Å². The van der Waals surface area contributed by atoms with Gasteiger partial charge in [-0.25, -0.2) is 4.79 Å². The highest BCUT2D eigenvalue weighted by atomic mass is 35.5. The van der Waals surface area contributed by atoms with E-state index in [1.807, 2.05) is 36.4 Å². The Morgan fingerprint density at radius 3 is 2.60 bits per heavy atom. The quantitative estimate of drug-likeness (QED) is 0.583. The predicted molar refractivity (Wildman–Crippen MR) is 97.7 cm³/mol. The SMILES string of the molecule is COC(=O)[C@H](CNC(=O)OCc1ccccc1)Sc1cccc(Cl)c1. The van der Waals surface area contributed by atoms with Gasteiger partial charge < -0.3 is 14.8 Å². The molecule has 0 aromatic heterocycles. The third-order valence-corrected chi connectivity index (χ3v) is 4.59. The van der Waals surface area contributed by atoms with E-state index in [0.717, 1.165) is 10.5 Å². The lowest BCUT2D eigenvalue weighted by Gasteiger charge is -2.15. The van der Waals surface area contributed by atoms with Crippen molar-refractivity contribution in [1.29, 1.82) is 0 Å². The maximum Gasteiger partial charge on any atom is 0.407 e. The molecule has 25 heavy (non-hydrogen) atoms. The Bertz CT molecular complexity index is 711. The van der Waals surface area contributed by atoms with Crippen molar-refractivity contribution in [3.8, 4) is 0 Å². The Hall–Kier alpha value is -2.18. The van der Waals surface area contributed by atoms with Crippen LogP contribution in [0.5, 0.6) is 0 Å². The monoisotopic (exact) mass is 379 g/mol. The molecule has 2 aromatic rings. The fourth-order valence-electron chi connectivity index (χ4n) is 1.96. The van der Waals surface area contributed by atoms with Crippen LogP contribution in [0.15, 0.2) is 59.5 Å². The molecule has 1 amide bonds. The molecule has 0 bridgehead atoms. The summed E-state index contributed by atoms with van der Waals surface area (Å²) in [4.78, 5) is 24.6. The normalized spacial score (nSPS) is 11.4. The molecule has 0 heterocycles. The van der Waals surface area contributed by atoms with Crippen molar-refractivity contribution in [2.24, 2.45) is 0 Å². The van der Waals surface area contributed by atoms with Gasteiger partial charge in [-0.15, -0.1) is 11.8 Å². The van der Waals surface area contributed by atoms with Crippen molar-refractivity contribution < 1.29 is 19.1 Å². The number of methoxy groups -OCH3 is 1. The van der Waals surface area contributed by atoms with Crippen molar-refractivity contribution >= 4 is 35.4 Å². The van der Waals surface area contributed by atoms with Gasteiger partial charge in [0.1, 0.15) is 11.9 Å². The molecule has 0 saturated carbocycles. The largest absolute Gasteiger partial charge is 0.468 e. The molecular formula is C18H18ClNO4S. The van der Waals surface area contributed by atoms with Crippen molar-refractivity contribution in [2.75, 3.05) is 13.7 Å². The molecule has 0 aliphatic heterocycles. The summed E-state index contributed by atoms with van der Waals surface area (Å²) in [6.45, 7) is 0.245. The fraction of sp³-hybridized carbons (Fsp3) is 0.222. The highest BCUT2D eigenvalue weighted by molar-refractivity contribution is 8.00. The molecule has 0 saturated heterocycles. The number of benzene rings is 2. The molecule has 1 N–H and O–H groups in total. The zero-order valence-corrected chi connectivity index (χ0v) is 15.2. The smallest absolute Gasteiger partial charge is 0.407 e. The number of esters is 1. The number of nitrogens with one attached hydrogen (secondary N) is 1. The van der Waals surface area contributed by atoms with Crippen LogP contribution in [-0.2, 0) is 20.9 Å². The first-order valence-corrected chi connectivity index (χ1v) is 8.79. The van der Waals surface area contributed by atoms with Crippen LogP contribution in [0.1, 0.15) is 5.56 Å². The molecule has 0 aliphatic rings. The summed E-state index contributed by atoms with van der Waals surface area (Å²) in [6.07, 6.45) is -0.593. The second-order valence-corrected chi connectivity index (χ2v) is 6.74. The maximum atomic E-state index is 11.9. The molecule has 0 unspecified atom stereocenters. The Balaban J connectivity index is 1.86. The average molecular weight is 380 g/mol. The van der Waals surface area contributed by atoms with Crippen LogP contribution < -0.4 is 5.32 Å². The zero-order chi connectivity index (χ0) is 18.1. The third-order valence-electron chi connectivity index (χ3n) is 3.18. The number of alkyl carbamates (subject to hydrolysis) is 1. The number of ether oxygens (including phenoxy) is 2. The first kappa shape index (κ1) is 19.1. The minimum absolute atomic E-state index is 0.0808. The van der Waals surface area contributed by atoms with Crippen LogP contribution in [0.3, 0.4) is 0 Å². The van der Waals surface area contributed by atoms with Crippen molar-refractivity contribution in [1.82, 2.24) is 5.32 Å². The minimum atomic E-state index is -0.604. The minimum Gasteiger partial charge on any atom is -0.468 e. The highest BCUT2D eigenvalue weighted by Gasteiger charge is 2.22. The van der Waals surface area contributed by atoms with E-state index >= 15 is 0 Å². The number of amides is 1. The number of hydrogen-bond acceptors (Lipinski definition) is 5. The summed E-state index contributed by atoms with van der Waals surface area (Å²) >= 11 is 7.21. The molecule has 2 rings (SSSR count). The fourth-order valence-corrected chi connectivity index (χ4v) is 3.25. The summed E-state index contributed by atoms with van der Waals surface area (Å²) in [5.74, 6) is -0.437. The lowest BCUT2D eigenvalue weighted by molar-refractivity contribution is -0.139. The summed E-state index contributed by atoms with van der Waals surface area (Å²) in [6, 6.07) is 16.5. The van der Waals surface area contributed by atoms with E-state index in [2.05, 4.69) is 5.32 Å². The molecule has 2 aromatic carbocycles. The van der Waals surface area contributed by atoms with E-state index in [0.29, 0.717) is 5.02 Å². The van der Waals surface area contributed by atoms with E-state index in [1.54, 1.807) is 18.2 Å². The molecule has 0 fully saturated rings. The molecule has 1 atom stereocenters. The molecule has 5 nitrogen and oxygen atoms in total. The van der Waals surface area contributed by atoms with E-state index in [9.17, 15) is 9.59 Å². The van der Waals surface area contributed by atoms with E-state index in [4.69, 9.17) is 21.1 Å². The lowest BCUT2D eigenvalue weighted by atomic mass is 10.2. The van der Waals surface area contributed by atoms with E-state index < -0.39 is 17.3 Å². The molecular weight excluding hydrogens is 362 g/mol. The molecule has 132 valence electrons. The Morgan fingerprint density at radius 1 is 1.16 bits per heavy atom. The second kappa shape index (κ2) is 9.96. The van der Waals surface area contributed by atoms with Gasteiger partial charge in [-0.1, -0.05) is 48.0 Å². The first-order chi connectivity index (χ1) is 12.1. The highest BCUT2D eigenvalue weighted by Crippen LogP contribution is 2.26.